The third-order valence-electron chi connectivity index (χ3n) is 5.31. The van der Waals surface area contributed by atoms with Gasteiger partial charge in [-0.1, -0.05) is 35.9 Å². The lowest BCUT2D eigenvalue weighted by atomic mass is 10.1. The molecule has 0 bridgehead atoms. The van der Waals surface area contributed by atoms with Gasteiger partial charge in [0.2, 0.25) is 5.89 Å². The molecule has 4 aromatic rings. The number of aromatic nitrogens is 1. The van der Waals surface area contributed by atoms with Crippen LogP contribution in [-0.4, -0.2) is 28.0 Å². The van der Waals surface area contributed by atoms with Crippen LogP contribution in [-0.2, 0) is 11.3 Å². The minimum Gasteiger partial charge on any atom is -0.436 e. The van der Waals surface area contributed by atoms with Crippen LogP contribution in [0.15, 0.2) is 77.3 Å². The summed E-state index contributed by atoms with van der Waals surface area (Å²) in [5.41, 5.74) is 3.41. The van der Waals surface area contributed by atoms with Crippen molar-refractivity contribution in [1.29, 1.82) is 0 Å². The van der Waals surface area contributed by atoms with Crippen molar-refractivity contribution < 1.29 is 18.8 Å². The molecule has 1 N–H and O–H groups in total. The summed E-state index contributed by atoms with van der Waals surface area (Å²) in [5, 5.41) is 3.44. The van der Waals surface area contributed by atoms with Gasteiger partial charge in [-0.3, -0.25) is 19.3 Å². The van der Waals surface area contributed by atoms with E-state index in [9.17, 15) is 14.4 Å². The Morgan fingerprint density at radius 1 is 1.00 bits per heavy atom. The van der Waals surface area contributed by atoms with Crippen LogP contribution in [0.25, 0.3) is 16.7 Å². The molecule has 0 radical (unpaired) electrons. The summed E-state index contributed by atoms with van der Waals surface area (Å²) >= 11 is 6.34. The molecule has 3 aromatic carbocycles. The van der Waals surface area contributed by atoms with E-state index in [0.717, 1.165) is 0 Å². The number of para-hydroxylation sites is 2. The number of anilines is 1. The number of imide groups is 1. The van der Waals surface area contributed by atoms with Gasteiger partial charge in [0.25, 0.3) is 11.8 Å². The van der Waals surface area contributed by atoms with Crippen molar-refractivity contribution in [3.05, 3.63) is 101 Å². The molecule has 5 rings (SSSR count). The zero-order valence-electron chi connectivity index (χ0n) is 17.1. The molecule has 0 fully saturated rings. The summed E-state index contributed by atoms with van der Waals surface area (Å²) in [4.78, 5) is 42.5. The molecule has 2 heterocycles. The lowest BCUT2D eigenvalue weighted by Crippen LogP contribution is -2.29. The number of nitrogens with one attached hydrogen (secondary N) is 1. The molecule has 1 aromatic heterocycles. The molecule has 8 heteroatoms. The highest BCUT2D eigenvalue weighted by Crippen LogP contribution is 2.28. The van der Waals surface area contributed by atoms with Gasteiger partial charge in [-0.05, 0) is 48.0 Å². The summed E-state index contributed by atoms with van der Waals surface area (Å²) in [7, 11) is 0. The van der Waals surface area contributed by atoms with Crippen LogP contribution in [0, 0.1) is 0 Å². The maximum Gasteiger partial charge on any atom is 0.261 e. The van der Waals surface area contributed by atoms with Crippen LogP contribution in [0.3, 0.4) is 0 Å². The average Bonchev–Trinajstić information content (AvgIpc) is 3.37. The molecule has 0 saturated carbocycles. The predicted octanol–water partition coefficient (Wildman–Crippen LogP) is 4.93. The zero-order chi connectivity index (χ0) is 22.9. The molecular weight excluding hydrogens is 442 g/mol. The number of aldehydes is 1. The molecule has 7 nitrogen and oxygen atoms in total. The Balaban J connectivity index is 1.38. The fraction of sp³-hybridized carbons (Fsp3) is 0.0400. The number of rotatable bonds is 6. The number of carbonyl (C=O) groups is 3. The van der Waals surface area contributed by atoms with Gasteiger partial charge in [-0.2, -0.15) is 0 Å². The number of carbonyl (C=O) groups excluding carboxylic acids is 3. The molecule has 0 atom stereocenters. The van der Waals surface area contributed by atoms with Gasteiger partial charge in [0.05, 0.1) is 23.2 Å². The predicted molar refractivity (Wildman–Crippen MR) is 124 cm³/mol. The first-order valence-electron chi connectivity index (χ1n) is 10.1. The van der Waals surface area contributed by atoms with Crippen LogP contribution in [0.2, 0.25) is 5.02 Å². The second-order valence-electron chi connectivity index (χ2n) is 7.40. The minimum absolute atomic E-state index is 0.0239. The molecule has 0 spiro atoms. The Kier molecular flexibility index (Phi) is 5.24. The SMILES string of the molecule is O=C/C(=C\Nc1ccc(Cl)c(CN2C(=O)c3ccccc3C2=O)c1)c1nc2ccccc2o1. The third kappa shape index (κ3) is 3.79. The van der Waals surface area contributed by atoms with Gasteiger partial charge < -0.3 is 9.73 Å². The molecule has 0 saturated heterocycles. The second-order valence-corrected chi connectivity index (χ2v) is 7.80. The quantitative estimate of drug-likeness (QED) is 0.251. The van der Waals surface area contributed by atoms with Gasteiger partial charge in [-0.25, -0.2) is 4.98 Å². The maximum absolute atomic E-state index is 12.7. The molecule has 1 aliphatic rings. The van der Waals surface area contributed by atoms with Crippen LogP contribution in [0.1, 0.15) is 32.2 Å². The molecular formula is C25H16ClN3O4. The summed E-state index contributed by atoms with van der Waals surface area (Å²) in [6.45, 7) is 0.0239. The molecule has 33 heavy (non-hydrogen) atoms. The largest absolute Gasteiger partial charge is 0.436 e. The number of hydrogen-bond donors (Lipinski definition) is 1. The Labute approximate surface area is 193 Å². The fourth-order valence-corrected chi connectivity index (χ4v) is 3.82. The van der Waals surface area contributed by atoms with Crippen molar-refractivity contribution in [2.24, 2.45) is 0 Å². The number of amides is 2. The van der Waals surface area contributed by atoms with Gasteiger partial charge in [0.15, 0.2) is 11.9 Å². The van der Waals surface area contributed by atoms with Gasteiger partial charge in [0, 0.05) is 16.9 Å². The first-order valence-corrected chi connectivity index (χ1v) is 10.4. The van der Waals surface area contributed by atoms with Crippen LogP contribution >= 0.6 is 11.6 Å². The molecule has 0 aliphatic carbocycles. The number of benzene rings is 3. The Morgan fingerprint density at radius 2 is 1.70 bits per heavy atom. The van der Waals surface area contributed by atoms with Crippen molar-refractivity contribution in [3.8, 4) is 0 Å². The zero-order valence-corrected chi connectivity index (χ0v) is 17.9. The average molecular weight is 458 g/mol. The molecule has 0 unspecified atom stereocenters. The van der Waals surface area contributed by atoms with Crippen molar-refractivity contribution in [1.82, 2.24) is 9.88 Å². The topological polar surface area (TPSA) is 92.5 Å². The molecule has 162 valence electrons. The van der Waals surface area contributed by atoms with E-state index in [1.165, 1.54) is 11.1 Å². The van der Waals surface area contributed by atoms with Gasteiger partial charge >= 0.3 is 0 Å². The van der Waals surface area contributed by atoms with E-state index in [-0.39, 0.29) is 29.8 Å². The van der Waals surface area contributed by atoms with Crippen molar-refractivity contribution >= 4 is 52.1 Å². The van der Waals surface area contributed by atoms with E-state index in [1.807, 2.05) is 12.1 Å². The number of oxazole rings is 1. The number of halogens is 1. The third-order valence-corrected chi connectivity index (χ3v) is 5.68. The number of fused-ring (bicyclic) bond motifs is 2. The number of allylic oxidation sites excluding steroid dienone is 1. The van der Waals surface area contributed by atoms with E-state index < -0.39 is 0 Å². The van der Waals surface area contributed by atoms with Crippen molar-refractivity contribution in [2.75, 3.05) is 5.32 Å². The van der Waals surface area contributed by atoms with Gasteiger partial charge in [-0.15, -0.1) is 0 Å². The van der Waals surface area contributed by atoms with E-state index in [2.05, 4.69) is 10.3 Å². The van der Waals surface area contributed by atoms with Crippen LogP contribution < -0.4 is 5.32 Å². The first-order chi connectivity index (χ1) is 16.0. The number of nitrogens with zero attached hydrogens (tertiary/aromatic N) is 2. The van der Waals surface area contributed by atoms with E-state index in [1.54, 1.807) is 54.6 Å². The van der Waals surface area contributed by atoms with E-state index >= 15 is 0 Å². The normalized spacial score (nSPS) is 13.5. The lowest BCUT2D eigenvalue weighted by Gasteiger charge is -2.16. The highest BCUT2D eigenvalue weighted by molar-refractivity contribution is 6.31. The molecule has 2 amide bonds. The van der Waals surface area contributed by atoms with Crippen molar-refractivity contribution in [2.45, 2.75) is 6.54 Å². The Hall–Kier alpha value is -4.23. The minimum atomic E-state index is -0.357. The first kappa shape index (κ1) is 20.7. The highest BCUT2D eigenvalue weighted by atomic mass is 35.5. The summed E-state index contributed by atoms with van der Waals surface area (Å²) in [6, 6.07) is 19.0. The Bertz CT molecular complexity index is 1390. The number of hydrogen-bond acceptors (Lipinski definition) is 6. The van der Waals surface area contributed by atoms with E-state index in [4.69, 9.17) is 16.0 Å². The standard InChI is InChI=1S/C25H16ClN3O4/c26-20-10-9-17(27-12-16(14-30)23-28-21-7-3-4-8-22(21)33-23)11-15(20)13-29-24(31)18-5-1-2-6-19(18)25(29)32/h1-12,14,27H,13H2/b16-12+. The lowest BCUT2D eigenvalue weighted by molar-refractivity contribution is -0.103. The highest BCUT2D eigenvalue weighted by Gasteiger charge is 2.35. The van der Waals surface area contributed by atoms with Crippen LogP contribution in [0.5, 0.6) is 0 Å². The maximum atomic E-state index is 12.7. The van der Waals surface area contributed by atoms with Gasteiger partial charge in [0.1, 0.15) is 5.52 Å². The summed E-state index contributed by atoms with van der Waals surface area (Å²) in [6.07, 6.45) is 2.13. The van der Waals surface area contributed by atoms with E-state index in [0.29, 0.717) is 44.8 Å². The van der Waals surface area contributed by atoms with Crippen LogP contribution in [0.4, 0.5) is 5.69 Å². The summed E-state index contributed by atoms with van der Waals surface area (Å²) < 4.78 is 5.64. The van der Waals surface area contributed by atoms with Crippen molar-refractivity contribution in [3.63, 3.8) is 0 Å². The monoisotopic (exact) mass is 457 g/mol. The fourth-order valence-electron chi connectivity index (χ4n) is 3.64. The Morgan fingerprint density at radius 3 is 2.39 bits per heavy atom. The smallest absolute Gasteiger partial charge is 0.261 e. The molecule has 1 aliphatic heterocycles. The summed E-state index contributed by atoms with van der Waals surface area (Å²) in [5.74, 6) is -0.521. The second kappa shape index (κ2) is 8.37.